The fourth-order valence-electron chi connectivity index (χ4n) is 3.86. The van der Waals surface area contributed by atoms with E-state index in [1.54, 1.807) is 14.2 Å². The van der Waals surface area contributed by atoms with Gasteiger partial charge in [0.15, 0.2) is 17.1 Å². The second-order valence-electron chi connectivity index (χ2n) is 7.74. The lowest BCUT2D eigenvalue weighted by Gasteiger charge is -2.15. The van der Waals surface area contributed by atoms with Crippen LogP contribution in [-0.4, -0.2) is 35.4 Å². The Kier molecular flexibility index (Phi) is 5.80. The van der Waals surface area contributed by atoms with E-state index in [0.717, 1.165) is 40.5 Å². The Morgan fingerprint density at radius 3 is 2.42 bits per heavy atom. The molecule has 2 aromatic heterocycles. The number of anilines is 1. The smallest absolute Gasteiger partial charge is 0.165 e. The lowest BCUT2D eigenvalue weighted by Crippen LogP contribution is -2.13. The SMILES string of the molecule is COc1ccc(-c2c(C)nn3c(NC[C@H](C)c4ccccc4)cc(C)nc23)cc1OC. The summed E-state index contributed by atoms with van der Waals surface area (Å²) >= 11 is 0. The number of methoxy groups -OCH3 is 2. The highest BCUT2D eigenvalue weighted by atomic mass is 16.5. The Morgan fingerprint density at radius 1 is 0.968 bits per heavy atom. The minimum Gasteiger partial charge on any atom is -0.493 e. The first-order valence-electron chi connectivity index (χ1n) is 10.4. The summed E-state index contributed by atoms with van der Waals surface area (Å²) in [6.07, 6.45) is 0. The lowest BCUT2D eigenvalue weighted by molar-refractivity contribution is 0.355. The fourth-order valence-corrected chi connectivity index (χ4v) is 3.86. The quantitative estimate of drug-likeness (QED) is 0.446. The third-order valence-electron chi connectivity index (χ3n) is 5.52. The van der Waals surface area contributed by atoms with Crippen LogP contribution < -0.4 is 14.8 Å². The van der Waals surface area contributed by atoms with Gasteiger partial charge in [-0.3, -0.25) is 0 Å². The van der Waals surface area contributed by atoms with E-state index in [-0.39, 0.29) is 0 Å². The molecule has 6 nitrogen and oxygen atoms in total. The predicted octanol–water partition coefficient (Wildman–Crippen LogP) is 5.25. The fraction of sp³-hybridized carbons (Fsp3) is 0.280. The van der Waals surface area contributed by atoms with Crippen molar-refractivity contribution in [2.75, 3.05) is 26.1 Å². The molecule has 31 heavy (non-hydrogen) atoms. The highest BCUT2D eigenvalue weighted by Crippen LogP contribution is 2.35. The van der Waals surface area contributed by atoms with E-state index in [9.17, 15) is 0 Å². The van der Waals surface area contributed by atoms with Gasteiger partial charge in [0, 0.05) is 23.9 Å². The molecule has 4 rings (SSSR count). The largest absolute Gasteiger partial charge is 0.493 e. The van der Waals surface area contributed by atoms with Crippen LogP contribution in [0.1, 0.15) is 29.8 Å². The molecule has 0 aliphatic heterocycles. The number of hydrogen-bond donors (Lipinski definition) is 1. The molecular weight excluding hydrogens is 388 g/mol. The van der Waals surface area contributed by atoms with Gasteiger partial charge in [0.25, 0.3) is 0 Å². The van der Waals surface area contributed by atoms with Gasteiger partial charge in [0.1, 0.15) is 5.82 Å². The Bertz CT molecular complexity index is 1200. The maximum atomic E-state index is 5.50. The maximum absolute atomic E-state index is 5.50. The Morgan fingerprint density at radius 2 is 1.71 bits per heavy atom. The third-order valence-corrected chi connectivity index (χ3v) is 5.52. The Hall–Kier alpha value is -3.54. The summed E-state index contributed by atoms with van der Waals surface area (Å²) in [5, 5.41) is 8.37. The van der Waals surface area contributed by atoms with Gasteiger partial charge in [0.2, 0.25) is 0 Å². The van der Waals surface area contributed by atoms with E-state index < -0.39 is 0 Å². The van der Waals surface area contributed by atoms with Gasteiger partial charge in [-0.05, 0) is 43.0 Å². The number of ether oxygens (including phenoxy) is 2. The standard InChI is InChI=1S/C25H28N4O2/c1-16(19-9-7-6-8-10-19)15-26-23-13-17(2)27-25-24(18(3)28-29(23)25)20-11-12-21(30-4)22(14-20)31-5/h6-14,16,26H,15H2,1-5H3/t16-/m0/s1. The first kappa shape index (κ1) is 20.7. The molecule has 0 radical (unpaired) electrons. The van der Waals surface area contributed by atoms with Crippen LogP contribution in [-0.2, 0) is 0 Å². The number of aromatic nitrogens is 3. The molecule has 0 aliphatic rings. The summed E-state index contributed by atoms with van der Waals surface area (Å²) in [5.41, 5.74) is 5.95. The van der Waals surface area contributed by atoms with Crippen LogP contribution in [0.4, 0.5) is 5.82 Å². The maximum Gasteiger partial charge on any atom is 0.165 e. The zero-order valence-electron chi connectivity index (χ0n) is 18.6. The van der Waals surface area contributed by atoms with E-state index in [2.05, 4.69) is 36.5 Å². The van der Waals surface area contributed by atoms with Crippen LogP contribution in [0.5, 0.6) is 11.5 Å². The zero-order chi connectivity index (χ0) is 22.0. The number of hydrogen-bond acceptors (Lipinski definition) is 5. The average Bonchev–Trinajstić information content (AvgIpc) is 3.12. The molecule has 1 N–H and O–H groups in total. The van der Waals surface area contributed by atoms with Crippen molar-refractivity contribution in [2.45, 2.75) is 26.7 Å². The van der Waals surface area contributed by atoms with Gasteiger partial charge < -0.3 is 14.8 Å². The summed E-state index contributed by atoms with van der Waals surface area (Å²) < 4.78 is 12.8. The van der Waals surface area contributed by atoms with Gasteiger partial charge in [-0.1, -0.05) is 43.3 Å². The molecule has 0 aliphatic carbocycles. The Balaban J connectivity index is 1.72. The molecule has 0 bridgehead atoms. The molecule has 0 saturated carbocycles. The van der Waals surface area contributed by atoms with Crippen LogP contribution in [0.2, 0.25) is 0 Å². The highest BCUT2D eigenvalue weighted by molar-refractivity contribution is 5.82. The topological polar surface area (TPSA) is 60.7 Å². The van der Waals surface area contributed by atoms with E-state index in [1.165, 1.54) is 5.56 Å². The molecule has 1 atom stereocenters. The number of fused-ring (bicyclic) bond motifs is 1. The monoisotopic (exact) mass is 416 g/mol. The molecule has 0 spiro atoms. The van der Waals surface area contributed by atoms with Crippen molar-refractivity contribution in [3.63, 3.8) is 0 Å². The summed E-state index contributed by atoms with van der Waals surface area (Å²) in [5.74, 6) is 2.68. The minimum atomic E-state index is 0.367. The van der Waals surface area contributed by atoms with Crippen molar-refractivity contribution in [1.82, 2.24) is 14.6 Å². The molecule has 0 unspecified atom stereocenters. The van der Waals surface area contributed by atoms with Gasteiger partial charge in [-0.2, -0.15) is 9.61 Å². The van der Waals surface area contributed by atoms with Gasteiger partial charge in [0.05, 0.1) is 19.9 Å². The summed E-state index contributed by atoms with van der Waals surface area (Å²) in [6.45, 7) is 7.03. The number of nitrogens with one attached hydrogen (secondary N) is 1. The molecule has 2 heterocycles. The number of aryl methyl sites for hydroxylation is 2. The number of rotatable bonds is 7. The van der Waals surface area contributed by atoms with E-state index in [0.29, 0.717) is 17.4 Å². The second-order valence-corrected chi connectivity index (χ2v) is 7.74. The van der Waals surface area contributed by atoms with E-state index in [1.807, 2.05) is 48.7 Å². The van der Waals surface area contributed by atoms with Crippen molar-refractivity contribution in [3.05, 3.63) is 71.5 Å². The van der Waals surface area contributed by atoms with Crippen LogP contribution in [0.25, 0.3) is 16.8 Å². The molecule has 2 aromatic carbocycles. The van der Waals surface area contributed by atoms with Crippen molar-refractivity contribution >= 4 is 11.5 Å². The van der Waals surface area contributed by atoms with Crippen molar-refractivity contribution in [1.29, 1.82) is 0 Å². The van der Waals surface area contributed by atoms with E-state index in [4.69, 9.17) is 19.6 Å². The lowest BCUT2D eigenvalue weighted by atomic mass is 10.0. The molecule has 6 heteroatoms. The van der Waals surface area contributed by atoms with Crippen molar-refractivity contribution in [2.24, 2.45) is 0 Å². The summed E-state index contributed by atoms with van der Waals surface area (Å²) in [4.78, 5) is 4.81. The predicted molar refractivity (Wildman–Crippen MR) is 124 cm³/mol. The van der Waals surface area contributed by atoms with Crippen molar-refractivity contribution < 1.29 is 9.47 Å². The first-order chi connectivity index (χ1) is 15.0. The number of benzene rings is 2. The van der Waals surface area contributed by atoms with Crippen molar-refractivity contribution in [3.8, 4) is 22.6 Å². The molecule has 0 saturated heterocycles. The van der Waals surface area contributed by atoms with Gasteiger partial charge in [-0.25, -0.2) is 4.98 Å². The minimum absolute atomic E-state index is 0.367. The number of nitrogens with zero attached hydrogens (tertiary/aromatic N) is 3. The average molecular weight is 417 g/mol. The molecular formula is C25H28N4O2. The third kappa shape index (κ3) is 4.06. The van der Waals surface area contributed by atoms with Crippen LogP contribution in [0.3, 0.4) is 0 Å². The van der Waals surface area contributed by atoms with Crippen LogP contribution in [0, 0.1) is 13.8 Å². The van der Waals surface area contributed by atoms with Gasteiger partial charge >= 0.3 is 0 Å². The normalized spacial score (nSPS) is 12.0. The van der Waals surface area contributed by atoms with Crippen LogP contribution >= 0.6 is 0 Å². The molecule has 0 fully saturated rings. The Labute approximate surface area is 182 Å². The first-order valence-corrected chi connectivity index (χ1v) is 10.4. The van der Waals surface area contributed by atoms with Crippen LogP contribution in [0.15, 0.2) is 54.6 Å². The summed E-state index contributed by atoms with van der Waals surface area (Å²) in [7, 11) is 3.28. The molecule has 0 amide bonds. The summed E-state index contributed by atoms with van der Waals surface area (Å²) in [6, 6.07) is 18.4. The molecule has 4 aromatic rings. The molecule has 160 valence electrons. The zero-order valence-corrected chi connectivity index (χ0v) is 18.6. The van der Waals surface area contributed by atoms with E-state index >= 15 is 0 Å². The highest BCUT2D eigenvalue weighted by Gasteiger charge is 2.18. The second kappa shape index (κ2) is 8.68. The van der Waals surface area contributed by atoms with Gasteiger partial charge in [-0.15, -0.1) is 0 Å².